The van der Waals surface area contributed by atoms with Gasteiger partial charge >= 0.3 is 11.9 Å². The molecule has 0 saturated heterocycles. The van der Waals surface area contributed by atoms with Crippen LogP contribution in [-0.2, 0) is 52.7 Å². The highest BCUT2D eigenvalue weighted by Crippen LogP contribution is 2.14. The number of amides is 9. The van der Waals surface area contributed by atoms with Crippen LogP contribution in [0.2, 0.25) is 0 Å². The smallest absolute Gasteiger partial charge is 0.326 e. The summed E-state index contributed by atoms with van der Waals surface area (Å²) in [6, 6.07) is -12.2. The van der Waals surface area contributed by atoms with Crippen LogP contribution in [0.4, 0.5) is 0 Å². The second-order valence-electron chi connectivity index (χ2n) is 18.7. The topological polar surface area (TPSA) is 441 Å². The zero-order chi connectivity index (χ0) is 54.2. The Bertz CT molecular complexity index is 1860. The van der Waals surface area contributed by atoms with Gasteiger partial charge in [-0.05, 0) is 69.6 Å². The largest absolute Gasteiger partial charge is 0.481 e. The maximum atomic E-state index is 13.9. The van der Waals surface area contributed by atoms with Gasteiger partial charge in [0.1, 0.15) is 48.3 Å². The number of guanidine groups is 1. The van der Waals surface area contributed by atoms with E-state index >= 15 is 0 Å². The van der Waals surface area contributed by atoms with E-state index in [1.807, 2.05) is 0 Å². The molecule has 0 saturated carbocycles. The third-order valence-electron chi connectivity index (χ3n) is 10.6. The van der Waals surface area contributed by atoms with Crippen LogP contribution < -0.4 is 65.5 Å². The van der Waals surface area contributed by atoms with Crippen molar-refractivity contribution in [1.82, 2.24) is 42.5 Å². The quantitative estimate of drug-likeness (QED) is 0.0176. The second-order valence-corrected chi connectivity index (χ2v) is 18.7. The minimum Gasteiger partial charge on any atom is -0.481 e. The number of carboxylic acid groups (broad SMARTS) is 2. The molecule has 0 aliphatic rings. The third kappa shape index (κ3) is 25.1. The van der Waals surface area contributed by atoms with Crippen LogP contribution in [0, 0.1) is 23.7 Å². The van der Waals surface area contributed by atoms with E-state index in [4.69, 9.17) is 28.0 Å². The highest BCUT2D eigenvalue weighted by atomic mass is 16.4. The number of carboxylic acids is 2. The number of primary amides is 1. The van der Waals surface area contributed by atoms with E-state index in [0.717, 1.165) is 0 Å². The molecule has 26 heteroatoms. The number of aliphatic imine (C=N–C) groups is 1. The van der Waals surface area contributed by atoms with Crippen LogP contribution in [-0.4, -0.2) is 142 Å². The molecule has 0 aromatic heterocycles. The molecule has 0 aromatic carbocycles. The van der Waals surface area contributed by atoms with Crippen LogP contribution in [0.25, 0.3) is 0 Å². The predicted molar refractivity (Wildman–Crippen MR) is 256 cm³/mol. The first-order valence-corrected chi connectivity index (χ1v) is 23.4. The molecule has 70 heavy (non-hydrogen) atoms. The van der Waals surface area contributed by atoms with Crippen molar-refractivity contribution in [2.75, 3.05) is 6.54 Å². The minimum absolute atomic E-state index is 0.00332. The summed E-state index contributed by atoms with van der Waals surface area (Å²) >= 11 is 0. The minimum atomic E-state index is -1.71. The van der Waals surface area contributed by atoms with Gasteiger partial charge in [-0.1, -0.05) is 61.8 Å². The van der Waals surface area contributed by atoms with Crippen molar-refractivity contribution >= 4 is 71.1 Å². The normalized spacial score (nSPS) is 15.5. The lowest BCUT2D eigenvalue weighted by atomic mass is 9.96. The lowest BCUT2D eigenvalue weighted by molar-refractivity contribution is -0.143. The zero-order valence-electron chi connectivity index (χ0n) is 42.0. The van der Waals surface area contributed by atoms with Gasteiger partial charge in [0.05, 0.1) is 18.9 Å². The zero-order valence-corrected chi connectivity index (χ0v) is 42.0. The number of hydrogen-bond acceptors (Lipinski definition) is 13. The van der Waals surface area contributed by atoms with Crippen LogP contribution in [0.5, 0.6) is 0 Å². The summed E-state index contributed by atoms with van der Waals surface area (Å²) in [4.78, 5) is 147. The lowest BCUT2D eigenvalue weighted by Crippen LogP contribution is -2.61. The fourth-order valence-corrected chi connectivity index (χ4v) is 6.68. The molecule has 10 atom stereocenters. The van der Waals surface area contributed by atoms with Crippen LogP contribution >= 0.6 is 0 Å². The number of nitrogens with zero attached hydrogens (tertiary/aromatic N) is 1. The molecular weight excluding hydrogens is 919 g/mol. The fourth-order valence-electron chi connectivity index (χ4n) is 6.68. The van der Waals surface area contributed by atoms with E-state index in [0.29, 0.717) is 6.42 Å². The Kier molecular flexibility index (Phi) is 28.5. The van der Waals surface area contributed by atoms with E-state index in [1.54, 1.807) is 55.4 Å². The van der Waals surface area contributed by atoms with E-state index in [2.05, 4.69) is 47.5 Å². The summed E-state index contributed by atoms with van der Waals surface area (Å²) in [5.74, 6) is -11.8. The Morgan fingerprint density at radius 2 is 0.886 bits per heavy atom. The highest BCUT2D eigenvalue weighted by molar-refractivity contribution is 5.99. The summed E-state index contributed by atoms with van der Waals surface area (Å²) < 4.78 is 0. The SMILES string of the molecule is CC[C@H](C)[C@H](NC(=O)[C@H](CC(N)=O)NC(=O)[C@H](CCCN=C(N)N)NC(=O)[C@H](C)NC(=O)[C@H](C)NC(=O)[C@H](CC(C)C)NC(=O)[C@@H](N)CC(=O)O)C(=O)N[C@@H](CC(C)C)C(=O)N[C@@H](CC(C)C)C(=O)O. The molecule has 0 fully saturated rings. The average Bonchev–Trinajstić information content (AvgIpc) is 3.23. The first-order valence-electron chi connectivity index (χ1n) is 23.4. The van der Waals surface area contributed by atoms with Gasteiger partial charge in [0, 0.05) is 6.54 Å². The van der Waals surface area contributed by atoms with E-state index in [9.17, 15) is 57.8 Å². The maximum absolute atomic E-state index is 13.9. The molecule has 0 aromatic rings. The van der Waals surface area contributed by atoms with Crippen molar-refractivity contribution in [3.8, 4) is 0 Å². The Morgan fingerprint density at radius 1 is 0.486 bits per heavy atom. The van der Waals surface area contributed by atoms with E-state index < -0.39 is 138 Å². The van der Waals surface area contributed by atoms with Gasteiger partial charge in [0.2, 0.25) is 53.2 Å². The summed E-state index contributed by atoms with van der Waals surface area (Å²) in [5.41, 5.74) is 22.0. The number of hydrogen-bond donors (Lipinski definition) is 14. The van der Waals surface area contributed by atoms with Crippen LogP contribution in [0.1, 0.15) is 121 Å². The van der Waals surface area contributed by atoms with Crippen molar-refractivity contribution in [3.63, 3.8) is 0 Å². The van der Waals surface area contributed by atoms with E-state index in [1.165, 1.54) is 13.8 Å². The van der Waals surface area contributed by atoms with Gasteiger partial charge in [-0.2, -0.15) is 0 Å². The van der Waals surface area contributed by atoms with E-state index in [-0.39, 0.29) is 62.4 Å². The first-order chi connectivity index (χ1) is 32.4. The van der Waals surface area contributed by atoms with Crippen molar-refractivity contribution in [3.05, 3.63) is 0 Å². The number of nitrogens with one attached hydrogen (secondary N) is 8. The number of nitrogens with two attached hydrogens (primary N) is 4. The standard InChI is InChI=1S/C44H79N13O13/c1-11-23(8)34(42(68)55-29(16-21(4)5)40(66)56-31(43(69)70)17-22(6)7)57-41(67)30(19-32(46)58)54-38(64)27(13-12-14-49-44(47)48)52-36(62)25(10)50-35(61)24(9)51-39(65)28(15-20(2)3)53-37(63)26(45)18-33(59)60/h20-31,34H,11-19,45H2,1-10H3,(H2,46,58)(H,50,61)(H,51,65)(H,52,62)(H,53,63)(H,54,64)(H,55,68)(H,56,66)(H,57,67)(H,59,60)(H,69,70)(H4,47,48,49)/t23-,24-,25-,26-,27-,28-,29-,30-,31-,34-/m0/s1. The van der Waals surface area contributed by atoms with Crippen molar-refractivity contribution in [1.29, 1.82) is 0 Å². The lowest BCUT2D eigenvalue weighted by Gasteiger charge is -2.29. The molecule has 0 radical (unpaired) electrons. The molecule has 0 rings (SSSR count). The average molecular weight is 998 g/mol. The Labute approximate surface area is 408 Å². The summed E-state index contributed by atoms with van der Waals surface area (Å²) in [6.07, 6.45) is -0.856. The fraction of sp³-hybridized carbons (Fsp3) is 0.727. The van der Waals surface area contributed by atoms with Crippen molar-refractivity contribution in [2.45, 2.75) is 175 Å². The van der Waals surface area contributed by atoms with Gasteiger partial charge in [-0.15, -0.1) is 0 Å². The Balaban J connectivity index is 6.39. The molecular formula is C44H79N13O13. The van der Waals surface area contributed by atoms with Gasteiger partial charge in [-0.25, -0.2) is 4.79 Å². The molecule has 0 aliphatic carbocycles. The third-order valence-corrected chi connectivity index (χ3v) is 10.6. The van der Waals surface area contributed by atoms with Crippen LogP contribution in [0.3, 0.4) is 0 Å². The molecule has 9 amide bonds. The molecule has 0 bridgehead atoms. The number of carbonyl (C=O) groups excluding carboxylic acids is 9. The molecule has 0 spiro atoms. The van der Waals surface area contributed by atoms with Crippen LogP contribution in [0.15, 0.2) is 4.99 Å². The van der Waals surface area contributed by atoms with Gasteiger partial charge in [0.25, 0.3) is 0 Å². The van der Waals surface area contributed by atoms with Crippen molar-refractivity contribution < 1.29 is 63.0 Å². The number of carbonyl (C=O) groups is 11. The highest BCUT2D eigenvalue weighted by Gasteiger charge is 2.36. The molecule has 0 aliphatic heterocycles. The second kappa shape index (κ2) is 31.5. The summed E-state index contributed by atoms with van der Waals surface area (Å²) in [7, 11) is 0. The first kappa shape index (κ1) is 63.4. The monoisotopic (exact) mass is 998 g/mol. The number of aliphatic carboxylic acids is 2. The summed E-state index contributed by atoms with van der Waals surface area (Å²) in [6.45, 7) is 16.6. The van der Waals surface area contributed by atoms with Crippen molar-refractivity contribution in [2.24, 2.45) is 51.6 Å². The Morgan fingerprint density at radius 3 is 1.34 bits per heavy atom. The van der Waals surface area contributed by atoms with Gasteiger partial charge < -0.3 is 75.7 Å². The molecule has 0 heterocycles. The summed E-state index contributed by atoms with van der Waals surface area (Å²) in [5, 5.41) is 38.5. The van der Waals surface area contributed by atoms with Gasteiger partial charge in [-0.3, -0.25) is 52.9 Å². The maximum Gasteiger partial charge on any atom is 0.326 e. The molecule has 18 N–H and O–H groups in total. The number of rotatable bonds is 33. The van der Waals surface area contributed by atoms with Gasteiger partial charge in [0.15, 0.2) is 5.96 Å². The molecule has 0 unspecified atom stereocenters. The Hall–Kier alpha value is -6.60. The molecule has 398 valence electrons. The predicted octanol–water partition coefficient (Wildman–Crippen LogP) is -3.10. The molecule has 26 nitrogen and oxygen atoms in total.